The Bertz CT molecular complexity index is 606. The van der Waals surface area contributed by atoms with Gasteiger partial charge in [-0.3, -0.25) is 0 Å². The first kappa shape index (κ1) is 11.3. The molecule has 0 aliphatic heterocycles. The van der Waals surface area contributed by atoms with Gasteiger partial charge in [0, 0.05) is 10.9 Å². The van der Waals surface area contributed by atoms with Crippen LogP contribution in [0.4, 0.5) is 0 Å². The molecular formula is C15H17NO2. The van der Waals surface area contributed by atoms with E-state index < -0.39 is 5.97 Å². The van der Waals surface area contributed by atoms with Gasteiger partial charge in [0.1, 0.15) is 5.69 Å². The highest BCUT2D eigenvalue weighted by atomic mass is 16.4. The van der Waals surface area contributed by atoms with Gasteiger partial charge < -0.3 is 10.1 Å². The van der Waals surface area contributed by atoms with E-state index in [1.165, 1.54) is 12.8 Å². The molecule has 3 heteroatoms. The van der Waals surface area contributed by atoms with E-state index in [9.17, 15) is 9.90 Å². The maximum atomic E-state index is 11.4. The van der Waals surface area contributed by atoms with Gasteiger partial charge in [0.25, 0.3) is 0 Å². The lowest BCUT2D eigenvalue weighted by Gasteiger charge is -2.09. The third kappa shape index (κ3) is 1.62. The second kappa shape index (κ2) is 4.16. The number of aromatic carboxylic acids is 1. The number of carbonyl (C=O) groups is 1. The number of aryl methyl sites for hydroxylation is 1. The average Bonchev–Trinajstić information content (AvgIpc) is 2.94. The fourth-order valence-corrected chi connectivity index (χ4v) is 3.19. The number of hydrogen-bond acceptors (Lipinski definition) is 1. The fourth-order valence-electron chi connectivity index (χ4n) is 3.19. The summed E-state index contributed by atoms with van der Waals surface area (Å²) in [5.74, 6) is -0.431. The number of fused-ring (bicyclic) bond motifs is 1. The van der Waals surface area contributed by atoms with E-state index in [-0.39, 0.29) is 0 Å². The lowest BCUT2D eigenvalue weighted by atomic mass is 9.94. The van der Waals surface area contributed by atoms with Crippen LogP contribution in [0.15, 0.2) is 18.2 Å². The van der Waals surface area contributed by atoms with Gasteiger partial charge in [-0.2, -0.15) is 0 Å². The van der Waals surface area contributed by atoms with Gasteiger partial charge in [-0.15, -0.1) is 0 Å². The van der Waals surface area contributed by atoms with Crippen LogP contribution in [0.3, 0.4) is 0 Å². The molecule has 1 aliphatic carbocycles. The molecule has 0 radical (unpaired) electrons. The van der Waals surface area contributed by atoms with Crippen LogP contribution in [0.2, 0.25) is 0 Å². The highest BCUT2D eigenvalue weighted by molar-refractivity contribution is 5.98. The molecule has 1 fully saturated rings. The summed E-state index contributed by atoms with van der Waals surface area (Å²) < 4.78 is 0. The Morgan fingerprint density at radius 3 is 2.72 bits per heavy atom. The molecule has 1 heterocycles. The van der Waals surface area contributed by atoms with Crippen molar-refractivity contribution in [2.75, 3.05) is 0 Å². The zero-order valence-electron chi connectivity index (χ0n) is 10.5. The predicted octanol–water partition coefficient (Wildman–Crippen LogP) is 3.83. The third-order valence-corrected chi connectivity index (χ3v) is 4.06. The number of aromatic nitrogens is 1. The van der Waals surface area contributed by atoms with E-state index in [0.717, 1.165) is 34.9 Å². The number of carboxylic acids is 1. The number of nitrogens with one attached hydrogen (secondary N) is 1. The average molecular weight is 243 g/mol. The summed E-state index contributed by atoms with van der Waals surface area (Å²) in [5, 5.41) is 10.5. The maximum absolute atomic E-state index is 11.4. The molecule has 0 atom stereocenters. The molecule has 1 saturated carbocycles. The van der Waals surface area contributed by atoms with Crippen molar-refractivity contribution in [3.8, 4) is 0 Å². The van der Waals surface area contributed by atoms with E-state index in [4.69, 9.17) is 0 Å². The van der Waals surface area contributed by atoms with Gasteiger partial charge in [-0.1, -0.05) is 31.0 Å². The molecule has 0 spiro atoms. The summed E-state index contributed by atoms with van der Waals surface area (Å²) in [4.78, 5) is 14.5. The van der Waals surface area contributed by atoms with Crippen molar-refractivity contribution in [2.24, 2.45) is 0 Å². The van der Waals surface area contributed by atoms with Crippen molar-refractivity contribution in [3.63, 3.8) is 0 Å². The van der Waals surface area contributed by atoms with Gasteiger partial charge in [-0.05, 0) is 36.8 Å². The first-order valence-electron chi connectivity index (χ1n) is 6.53. The summed E-state index contributed by atoms with van der Waals surface area (Å²) in [6.45, 7) is 2.02. The summed E-state index contributed by atoms with van der Waals surface area (Å²) in [6.07, 6.45) is 4.65. The smallest absolute Gasteiger partial charge is 0.352 e. The number of para-hydroxylation sites is 1. The molecule has 1 aliphatic rings. The van der Waals surface area contributed by atoms with Gasteiger partial charge in [0.05, 0.1) is 0 Å². The number of aromatic amines is 1. The molecule has 2 aromatic rings. The van der Waals surface area contributed by atoms with Crippen LogP contribution in [-0.2, 0) is 0 Å². The monoisotopic (exact) mass is 243 g/mol. The zero-order valence-corrected chi connectivity index (χ0v) is 10.5. The lowest BCUT2D eigenvalue weighted by molar-refractivity contribution is 0.0690. The number of carboxylic acid groups (broad SMARTS) is 1. The van der Waals surface area contributed by atoms with Crippen molar-refractivity contribution in [2.45, 2.75) is 38.5 Å². The van der Waals surface area contributed by atoms with E-state index in [1.807, 2.05) is 25.1 Å². The number of benzene rings is 1. The molecule has 0 saturated heterocycles. The van der Waals surface area contributed by atoms with Crippen molar-refractivity contribution >= 4 is 16.9 Å². The molecule has 3 nitrogen and oxygen atoms in total. The summed E-state index contributed by atoms with van der Waals surface area (Å²) in [5.41, 5.74) is 3.51. The van der Waals surface area contributed by atoms with Crippen molar-refractivity contribution in [1.82, 2.24) is 4.98 Å². The van der Waals surface area contributed by atoms with Crippen LogP contribution in [-0.4, -0.2) is 16.1 Å². The number of H-pyrrole nitrogens is 1. The van der Waals surface area contributed by atoms with Crippen LogP contribution in [0.1, 0.15) is 53.2 Å². The molecule has 94 valence electrons. The Morgan fingerprint density at radius 2 is 2.06 bits per heavy atom. The van der Waals surface area contributed by atoms with Crippen molar-refractivity contribution < 1.29 is 9.90 Å². The molecule has 1 aromatic heterocycles. The van der Waals surface area contributed by atoms with E-state index >= 15 is 0 Å². The molecule has 0 bridgehead atoms. The highest BCUT2D eigenvalue weighted by Gasteiger charge is 2.26. The maximum Gasteiger partial charge on any atom is 0.352 e. The van der Waals surface area contributed by atoms with Crippen LogP contribution in [0, 0.1) is 6.92 Å². The van der Waals surface area contributed by atoms with E-state index in [0.29, 0.717) is 11.6 Å². The van der Waals surface area contributed by atoms with Crippen LogP contribution in [0.25, 0.3) is 10.9 Å². The Balaban J connectivity index is 2.28. The second-order valence-corrected chi connectivity index (χ2v) is 5.20. The molecule has 0 amide bonds. The first-order chi connectivity index (χ1) is 8.68. The Hall–Kier alpha value is -1.77. The van der Waals surface area contributed by atoms with Gasteiger partial charge in [0.15, 0.2) is 0 Å². The summed E-state index contributed by atoms with van der Waals surface area (Å²) >= 11 is 0. The Kier molecular flexibility index (Phi) is 2.62. The quantitative estimate of drug-likeness (QED) is 0.842. The minimum atomic E-state index is -0.840. The first-order valence-corrected chi connectivity index (χ1v) is 6.53. The lowest BCUT2D eigenvalue weighted by Crippen LogP contribution is -2.04. The normalized spacial score (nSPS) is 16.5. The van der Waals surface area contributed by atoms with Crippen LogP contribution in [0.5, 0.6) is 0 Å². The topological polar surface area (TPSA) is 53.1 Å². The van der Waals surface area contributed by atoms with Gasteiger partial charge in [0.2, 0.25) is 0 Å². The third-order valence-electron chi connectivity index (χ3n) is 4.06. The fraction of sp³-hybridized carbons (Fsp3) is 0.400. The zero-order chi connectivity index (χ0) is 12.7. The molecular weight excluding hydrogens is 226 g/mol. The standard InChI is InChI=1S/C15H17NO2/c1-9-5-4-8-11-12(10-6-2-3-7-10)14(15(17)18)16-13(9)11/h4-5,8,10,16H,2-3,6-7H2,1H3,(H,17,18). The van der Waals surface area contributed by atoms with Gasteiger partial charge >= 0.3 is 5.97 Å². The largest absolute Gasteiger partial charge is 0.477 e. The minimum Gasteiger partial charge on any atom is -0.477 e. The molecule has 2 N–H and O–H groups in total. The van der Waals surface area contributed by atoms with E-state index in [1.54, 1.807) is 0 Å². The van der Waals surface area contributed by atoms with Crippen molar-refractivity contribution in [3.05, 3.63) is 35.0 Å². The molecule has 3 rings (SSSR count). The van der Waals surface area contributed by atoms with Crippen LogP contribution < -0.4 is 0 Å². The van der Waals surface area contributed by atoms with E-state index in [2.05, 4.69) is 4.98 Å². The number of rotatable bonds is 2. The number of hydrogen-bond donors (Lipinski definition) is 2. The second-order valence-electron chi connectivity index (χ2n) is 5.20. The minimum absolute atomic E-state index is 0.395. The van der Waals surface area contributed by atoms with Crippen LogP contribution >= 0.6 is 0 Å². The van der Waals surface area contributed by atoms with Crippen molar-refractivity contribution in [1.29, 1.82) is 0 Å². The SMILES string of the molecule is Cc1cccc2c(C3CCCC3)c(C(=O)O)[nH]c12. The predicted molar refractivity (Wildman–Crippen MR) is 71.2 cm³/mol. The summed E-state index contributed by atoms with van der Waals surface area (Å²) in [6, 6.07) is 6.07. The molecule has 0 unspecified atom stereocenters. The Morgan fingerprint density at radius 1 is 1.33 bits per heavy atom. The Labute approximate surface area is 106 Å². The molecule has 1 aromatic carbocycles. The highest BCUT2D eigenvalue weighted by Crippen LogP contribution is 2.40. The molecule has 18 heavy (non-hydrogen) atoms. The van der Waals surface area contributed by atoms with Gasteiger partial charge in [-0.25, -0.2) is 4.79 Å². The summed E-state index contributed by atoms with van der Waals surface area (Å²) in [7, 11) is 0.